The van der Waals surface area contributed by atoms with E-state index in [0.29, 0.717) is 5.92 Å². The third-order valence-corrected chi connectivity index (χ3v) is 6.80. The molecule has 2 aliphatic rings. The first kappa shape index (κ1) is 24.4. The fraction of sp³-hybridized carbons (Fsp3) is 0.480. The van der Waals surface area contributed by atoms with Crippen molar-refractivity contribution in [1.29, 1.82) is 0 Å². The Morgan fingerprint density at radius 1 is 1.29 bits per heavy atom. The number of fused-ring (bicyclic) bond motifs is 1. The summed E-state index contributed by atoms with van der Waals surface area (Å²) in [6.07, 6.45) is 6.26. The first-order valence-electron chi connectivity index (χ1n) is 11.7. The van der Waals surface area contributed by atoms with Crippen molar-refractivity contribution in [1.82, 2.24) is 10.3 Å². The summed E-state index contributed by atoms with van der Waals surface area (Å²) >= 11 is 5.70. The Bertz CT molecular complexity index is 1040. The molecule has 1 amide bonds. The fourth-order valence-corrected chi connectivity index (χ4v) is 4.61. The average Bonchev–Trinajstić information content (AvgIpc) is 2.80. The van der Waals surface area contributed by atoms with Gasteiger partial charge < -0.3 is 20.5 Å². The molecule has 0 radical (unpaired) electrons. The highest BCUT2D eigenvalue weighted by atomic mass is 35.5. The number of benzene rings is 1. The van der Waals surface area contributed by atoms with Gasteiger partial charge in [-0.3, -0.25) is 4.79 Å². The van der Waals surface area contributed by atoms with Crippen LogP contribution >= 0.6 is 11.6 Å². The number of rotatable bonds is 10. The maximum atomic E-state index is 14.0. The summed E-state index contributed by atoms with van der Waals surface area (Å²) in [6.45, 7) is 1.18. The number of amides is 1. The lowest BCUT2D eigenvalue weighted by molar-refractivity contribution is -0.140. The van der Waals surface area contributed by atoms with Crippen LogP contribution in [-0.2, 0) is 22.4 Å². The molecule has 0 saturated heterocycles. The monoisotopic (exact) mass is 489 g/mol. The molecule has 0 spiro atoms. The second-order valence-electron chi connectivity index (χ2n) is 8.96. The Labute approximate surface area is 203 Å². The number of nitrogens with one attached hydrogen (secondary N) is 2. The first-order valence-corrected chi connectivity index (χ1v) is 12.1. The minimum atomic E-state index is -1.20. The SMILES string of the molecule is O=C(NC(CCO[C@H]1C[C@H](CCc2ccc3c(n2)NCCC3)C1)C(=O)O)c1cccc(Cl)c1F. The quantitative estimate of drug-likeness (QED) is 0.461. The molecule has 1 aromatic heterocycles. The summed E-state index contributed by atoms with van der Waals surface area (Å²) in [7, 11) is 0. The predicted octanol–water partition coefficient (Wildman–Crippen LogP) is 4.23. The van der Waals surface area contributed by atoms with Crippen molar-refractivity contribution < 1.29 is 23.8 Å². The van der Waals surface area contributed by atoms with Crippen molar-refractivity contribution in [2.24, 2.45) is 5.92 Å². The van der Waals surface area contributed by atoms with Gasteiger partial charge in [0.15, 0.2) is 5.82 Å². The number of aromatic nitrogens is 1. The van der Waals surface area contributed by atoms with Gasteiger partial charge in [0, 0.05) is 25.3 Å². The highest BCUT2D eigenvalue weighted by Gasteiger charge is 2.30. The molecule has 2 heterocycles. The molecule has 1 fully saturated rings. The van der Waals surface area contributed by atoms with Crippen molar-refractivity contribution in [3.8, 4) is 0 Å². The lowest BCUT2D eigenvalue weighted by Gasteiger charge is -2.35. The van der Waals surface area contributed by atoms with Crippen LogP contribution in [0.25, 0.3) is 0 Å². The van der Waals surface area contributed by atoms with E-state index in [4.69, 9.17) is 21.3 Å². The molecule has 34 heavy (non-hydrogen) atoms. The summed E-state index contributed by atoms with van der Waals surface area (Å²) in [5, 5.41) is 14.9. The third-order valence-electron chi connectivity index (χ3n) is 6.51. The van der Waals surface area contributed by atoms with Crippen LogP contribution in [0, 0.1) is 11.7 Å². The molecule has 9 heteroatoms. The number of aryl methyl sites for hydroxylation is 2. The molecule has 1 aliphatic carbocycles. The van der Waals surface area contributed by atoms with Gasteiger partial charge >= 0.3 is 5.97 Å². The van der Waals surface area contributed by atoms with E-state index in [9.17, 15) is 19.1 Å². The van der Waals surface area contributed by atoms with E-state index >= 15 is 0 Å². The largest absolute Gasteiger partial charge is 0.480 e. The standard InChI is InChI=1S/C25H29ClFN3O4/c26-20-5-1-4-19(22(20)27)24(31)30-21(25(32)33)10-12-34-18-13-15(14-18)6-8-17-9-7-16-3-2-11-28-23(16)29-17/h1,4-5,7,9,15,18,21H,2-3,6,8,10-14H2,(H,28,29)(H,30,31)(H,32,33)/t15-,18-,21?. The zero-order valence-electron chi connectivity index (χ0n) is 18.9. The van der Waals surface area contributed by atoms with Gasteiger partial charge in [-0.1, -0.05) is 23.7 Å². The minimum absolute atomic E-state index is 0.0937. The third kappa shape index (κ3) is 6.04. The molecule has 1 atom stereocenters. The maximum absolute atomic E-state index is 14.0. The number of carbonyl (C=O) groups is 2. The highest BCUT2D eigenvalue weighted by Crippen LogP contribution is 2.34. The fourth-order valence-electron chi connectivity index (χ4n) is 4.43. The molecule has 182 valence electrons. The summed E-state index contributed by atoms with van der Waals surface area (Å²) in [5.41, 5.74) is 2.11. The van der Waals surface area contributed by atoms with Gasteiger partial charge in [0.05, 0.1) is 16.7 Å². The number of anilines is 1. The number of pyridine rings is 1. The molecule has 2 aromatic rings. The number of carbonyl (C=O) groups excluding carboxylic acids is 1. The molecule has 0 bridgehead atoms. The smallest absolute Gasteiger partial charge is 0.326 e. The van der Waals surface area contributed by atoms with Gasteiger partial charge in [-0.15, -0.1) is 0 Å². The number of hydrogen-bond acceptors (Lipinski definition) is 5. The Kier molecular flexibility index (Phi) is 8.00. The number of halogens is 2. The van der Waals surface area contributed by atoms with Crippen LogP contribution < -0.4 is 10.6 Å². The number of carboxylic acids is 1. The van der Waals surface area contributed by atoms with Crippen LogP contribution in [0.15, 0.2) is 30.3 Å². The zero-order chi connectivity index (χ0) is 24.1. The van der Waals surface area contributed by atoms with Crippen molar-refractivity contribution in [3.05, 3.63) is 58.0 Å². The van der Waals surface area contributed by atoms with Crippen LogP contribution in [0.2, 0.25) is 5.02 Å². The average molecular weight is 490 g/mol. The lowest BCUT2D eigenvalue weighted by atomic mass is 9.79. The van der Waals surface area contributed by atoms with Gasteiger partial charge in [0.1, 0.15) is 11.9 Å². The van der Waals surface area contributed by atoms with Crippen LogP contribution in [0.5, 0.6) is 0 Å². The Balaban J connectivity index is 1.16. The number of ether oxygens (including phenoxy) is 1. The van der Waals surface area contributed by atoms with Crippen LogP contribution in [-0.4, -0.2) is 47.3 Å². The Morgan fingerprint density at radius 2 is 2.12 bits per heavy atom. The van der Waals surface area contributed by atoms with Gasteiger partial charge in [-0.2, -0.15) is 0 Å². The molecule has 1 unspecified atom stereocenters. The molecule has 4 rings (SSSR count). The van der Waals surface area contributed by atoms with Gasteiger partial charge in [0.25, 0.3) is 5.91 Å². The minimum Gasteiger partial charge on any atom is -0.480 e. The van der Waals surface area contributed by atoms with E-state index < -0.39 is 23.7 Å². The second-order valence-corrected chi connectivity index (χ2v) is 9.37. The molecule has 7 nitrogen and oxygen atoms in total. The highest BCUT2D eigenvalue weighted by molar-refractivity contribution is 6.31. The van der Waals surface area contributed by atoms with Crippen molar-refractivity contribution >= 4 is 29.3 Å². The van der Waals surface area contributed by atoms with Crippen LogP contribution in [0.1, 0.15) is 53.7 Å². The van der Waals surface area contributed by atoms with Crippen molar-refractivity contribution in [2.45, 2.75) is 57.1 Å². The van der Waals surface area contributed by atoms with E-state index in [1.807, 2.05) is 0 Å². The Morgan fingerprint density at radius 3 is 2.91 bits per heavy atom. The maximum Gasteiger partial charge on any atom is 0.326 e. The normalized spacial score (nSPS) is 19.9. The zero-order valence-corrected chi connectivity index (χ0v) is 19.6. The number of hydrogen-bond donors (Lipinski definition) is 3. The lowest BCUT2D eigenvalue weighted by Crippen LogP contribution is -2.42. The summed E-state index contributed by atoms with van der Waals surface area (Å²) in [5.74, 6) is -1.29. The molecule has 3 N–H and O–H groups in total. The Hall–Kier alpha value is -2.71. The second kappa shape index (κ2) is 11.1. The van der Waals surface area contributed by atoms with E-state index in [0.717, 1.165) is 56.6 Å². The van der Waals surface area contributed by atoms with Gasteiger partial charge in [-0.05, 0) is 68.2 Å². The molecule has 1 saturated carbocycles. The van der Waals surface area contributed by atoms with Crippen LogP contribution in [0.4, 0.5) is 10.2 Å². The molecule has 1 aliphatic heterocycles. The van der Waals surface area contributed by atoms with Crippen LogP contribution in [0.3, 0.4) is 0 Å². The first-order chi connectivity index (χ1) is 16.4. The van der Waals surface area contributed by atoms with Crippen molar-refractivity contribution in [2.75, 3.05) is 18.5 Å². The van der Waals surface area contributed by atoms with E-state index in [1.54, 1.807) is 0 Å². The molecule has 1 aromatic carbocycles. The number of aliphatic carboxylic acids is 1. The van der Waals surface area contributed by atoms with E-state index in [2.05, 4.69) is 22.8 Å². The molecular weight excluding hydrogens is 461 g/mol. The van der Waals surface area contributed by atoms with Gasteiger partial charge in [0.2, 0.25) is 0 Å². The molecular formula is C25H29ClFN3O4. The van der Waals surface area contributed by atoms with Gasteiger partial charge in [-0.25, -0.2) is 14.2 Å². The predicted molar refractivity (Wildman–Crippen MR) is 127 cm³/mol. The van der Waals surface area contributed by atoms with E-state index in [1.165, 1.54) is 23.8 Å². The van der Waals surface area contributed by atoms with E-state index in [-0.39, 0.29) is 29.7 Å². The summed E-state index contributed by atoms with van der Waals surface area (Å²) < 4.78 is 19.8. The number of nitrogens with zero attached hydrogens (tertiary/aromatic N) is 1. The topological polar surface area (TPSA) is 101 Å². The summed E-state index contributed by atoms with van der Waals surface area (Å²) in [6, 6.07) is 7.14. The van der Waals surface area contributed by atoms with Crippen molar-refractivity contribution in [3.63, 3.8) is 0 Å². The number of carboxylic acid groups (broad SMARTS) is 1. The summed E-state index contributed by atoms with van der Waals surface area (Å²) in [4.78, 5) is 28.6.